The number of nitrogens with two attached hydrogens (primary N) is 1. The molecule has 0 aliphatic carbocycles. The molecule has 3 heteroatoms. The molecule has 1 aromatic carbocycles. The van der Waals surface area contributed by atoms with Gasteiger partial charge in [0.1, 0.15) is 5.60 Å². The first-order valence-corrected chi connectivity index (χ1v) is 4.34. The maximum absolute atomic E-state index is 9.49. The highest BCUT2D eigenvalue weighted by Crippen LogP contribution is 2.40. The van der Waals surface area contributed by atoms with Gasteiger partial charge in [0.2, 0.25) is 0 Å². The topological polar surface area (TPSA) is 55.5 Å². The third kappa shape index (κ3) is 1.25. The predicted octanol–water partition coefficient (Wildman–Crippen LogP) is 1.04. The first-order chi connectivity index (χ1) is 6.14. The van der Waals surface area contributed by atoms with Crippen molar-refractivity contribution in [2.45, 2.75) is 18.9 Å². The number of hydrogen-bond donors (Lipinski definition) is 2. The Morgan fingerprint density at radius 3 is 3.00 bits per heavy atom. The van der Waals surface area contributed by atoms with Crippen LogP contribution in [0.2, 0.25) is 0 Å². The zero-order valence-corrected chi connectivity index (χ0v) is 7.58. The smallest absolute Gasteiger partial charge is 0.165 e. The number of aromatic hydroxyl groups is 1. The highest BCUT2D eigenvalue weighted by Gasteiger charge is 2.34. The van der Waals surface area contributed by atoms with E-state index < -0.39 is 0 Å². The second-order valence-electron chi connectivity index (χ2n) is 3.70. The van der Waals surface area contributed by atoms with Gasteiger partial charge in [-0.1, -0.05) is 12.1 Å². The van der Waals surface area contributed by atoms with Crippen LogP contribution in [0.4, 0.5) is 0 Å². The number of phenols is 1. The van der Waals surface area contributed by atoms with E-state index in [9.17, 15) is 5.11 Å². The zero-order valence-electron chi connectivity index (χ0n) is 7.58. The van der Waals surface area contributed by atoms with Crippen LogP contribution in [0.25, 0.3) is 0 Å². The molecule has 2 rings (SSSR count). The lowest BCUT2D eigenvalue weighted by Crippen LogP contribution is -2.38. The summed E-state index contributed by atoms with van der Waals surface area (Å²) < 4.78 is 5.60. The molecule has 0 amide bonds. The molecule has 1 atom stereocenters. The van der Waals surface area contributed by atoms with Crippen LogP contribution in [0.5, 0.6) is 11.5 Å². The molecule has 1 unspecified atom stereocenters. The fourth-order valence-corrected chi connectivity index (χ4v) is 1.63. The van der Waals surface area contributed by atoms with E-state index in [1.165, 1.54) is 0 Å². The molecular formula is C10H13NO2. The summed E-state index contributed by atoms with van der Waals surface area (Å²) in [7, 11) is 0. The molecular weight excluding hydrogens is 166 g/mol. The van der Waals surface area contributed by atoms with E-state index in [0.29, 0.717) is 12.3 Å². The maximum atomic E-state index is 9.49. The summed E-state index contributed by atoms with van der Waals surface area (Å²) in [5.74, 6) is 0.796. The Kier molecular flexibility index (Phi) is 1.70. The minimum Gasteiger partial charge on any atom is -0.504 e. The number of hydrogen-bond acceptors (Lipinski definition) is 3. The van der Waals surface area contributed by atoms with E-state index in [4.69, 9.17) is 10.5 Å². The second-order valence-corrected chi connectivity index (χ2v) is 3.70. The van der Waals surface area contributed by atoms with Crippen LogP contribution >= 0.6 is 0 Å². The molecule has 1 aromatic rings. The Balaban J connectivity index is 2.40. The van der Waals surface area contributed by atoms with E-state index >= 15 is 0 Å². The third-order valence-electron chi connectivity index (χ3n) is 2.42. The lowest BCUT2D eigenvalue weighted by molar-refractivity contribution is 0.122. The summed E-state index contributed by atoms with van der Waals surface area (Å²) >= 11 is 0. The quantitative estimate of drug-likeness (QED) is 0.677. The largest absolute Gasteiger partial charge is 0.504 e. The average Bonchev–Trinajstić information content (AvgIpc) is 2.45. The fourth-order valence-electron chi connectivity index (χ4n) is 1.63. The van der Waals surface area contributed by atoms with E-state index in [-0.39, 0.29) is 11.4 Å². The van der Waals surface area contributed by atoms with Crippen LogP contribution < -0.4 is 10.5 Å². The Bertz CT molecular complexity index is 338. The van der Waals surface area contributed by atoms with Crippen LogP contribution in [-0.4, -0.2) is 17.3 Å². The summed E-state index contributed by atoms with van der Waals surface area (Å²) in [5.41, 5.74) is 6.28. The second kappa shape index (κ2) is 2.64. The highest BCUT2D eigenvalue weighted by atomic mass is 16.5. The molecule has 1 aliphatic rings. The first-order valence-electron chi connectivity index (χ1n) is 4.34. The summed E-state index contributed by atoms with van der Waals surface area (Å²) in [5, 5.41) is 9.49. The van der Waals surface area contributed by atoms with Crippen molar-refractivity contribution >= 4 is 0 Å². The van der Waals surface area contributed by atoms with Gasteiger partial charge in [-0.05, 0) is 13.0 Å². The molecule has 1 aliphatic heterocycles. The Morgan fingerprint density at radius 1 is 1.62 bits per heavy atom. The number of benzene rings is 1. The zero-order chi connectivity index (χ0) is 9.47. The minimum atomic E-state index is -0.346. The Hall–Kier alpha value is -1.22. The lowest BCUT2D eigenvalue weighted by Gasteiger charge is -2.21. The summed E-state index contributed by atoms with van der Waals surface area (Å²) in [4.78, 5) is 0. The first kappa shape index (κ1) is 8.38. The van der Waals surface area contributed by atoms with E-state index in [2.05, 4.69) is 0 Å². The van der Waals surface area contributed by atoms with Crippen molar-refractivity contribution in [3.8, 4) is 11.5 Å². The van der Waals surface area contributed by atoms with Gasteiger partial charge in [-0.2, -0.15) is 0 Å². The number of phenolic OH excluding ortho intramolecular Hbond substituents is 1. The molecule has 0 radical (unpaired) electrons. The Morgan fingerprint density at radius 2 is 2.38 bits per heavy atom. The molecule has 0 fully saturated rings. The average molecular weight is 179 g/mol. The van der Waals surface area contributed by atoms with Crippen molar-refractivity contribution in [3.05, 3.63) is 23.8 Å². The molecule has 3 N–H and O–H groups in total. The SMILES string of the molecule is CC1(CN)Cc2cccc(O)c2O1. The normalized spacial score (nSPS) is 25.4. The van der Waals surface area contributed by atoms with Crippen LogP contribution in [0.3, 0.4) is 0 Å². The molecule has 0 saturated carbocycles. The summed E-state index contributed by atoms with van der Waals surface area (Å²) in [6.07, 6.45) is 0.771. The van der Waals surface area contributed by atoms with Gasteiger partial charge >= 0.3 is 0 Å². The molecule has 0 spiro atoms. The van der Waals surface area contributed by atoms with E-state index in [1.807, 2.05) is 19.1 Å². The van der Waals surface area contributed by atoms with Crippen molar-refractivity contribution in [3.63, 3.8) is 0 Å². The molecule has 1 heterocycles. The number of rotatable bonds is 1. The van der Waals surface area contributed by atoms with Crippen molar-refractivity contribution in [2.24, 2.45) is 5.73 Å². The predicted molar refractivity (Wildman–Crippen MR) is 49.9 cm³/mol. The molecule has 3 nitrogen and oxygen atoms in total. The molecule has 0 bridgehead atoms. The van der Waals surface area contributed by atoms with Gasteiger partial charge in [0.25, 0.3) is 0 Å². The van der Waals surface area contributed by atoms with Gasteiger partial charge in [0, 0.05) is 18.5 Å². The summed E-state index contributed by atoms with van der Waals surface area (Å²) in [6, 6.07) is 5.40. The number of fused-ring (bicyclic) bond motifs is 1. The monoisotopic (exact) mass is 179 g/mol. The Labute approximate surface area is 77.1 Å². The van der Waals surface area contributed by atoms with Crippen LogP contribution in [0, 0.1) is 0 Å². The van der Waals surface area contributed by atoms with Gasteiger partial charge in [-0.25, -0.2) is 0 Å². The van der Waals surface area contributed by atoms with Gasteiger partial charge in [-0.15, -0.1) is 0 Å². The van der Waals surface area contributed by atoms with Gasteiger partial charge < -0.3 is 15.6 Å². The minimum absolute atomic E-state index is 0.203. The molecule has 13 heavy (non-hydrogen) atoms. The van der Waals surface area contributed by atoms with Gasteiger partial charge in [0.05, 0.1) is 0 Å². The van der Waals surface area contributed by atoms with Crippen LogP contribution in [0.1, 0.15) is 12.5 Å². The number of para-hydroxylation sites is 1. The standard InChI is InChI=1S/C10H13NO2/c1-10(6-11)5-7-3-2-4-8(12)9(7)13-10/h2-4,12H,5-6,11H2,1H3. The van der Waals surface area contributed by atoms with Crippen molar-refractivity contribution in [2.75, 3.05) is 6.54 Å². The maximum Gasteiger partial charge on any atom is 0.165 e. The highest BCUT2D eigenvalue weighted by molar-refractivity contribution is 5.49. The fraction of sp³-hybridized carbons (Fsp3) is 0.400. The lowest BCUT2D eigenvalue weighted by atomic mass is 10.00. The third-order valence-corrected chi connectivity index (χ3v) is 2.42. The van der Waals surface area contributed by atoms with Crippen molar-refractivity contribution in [1.29, 1.82) is 0 Å². The molecule has 0 aromatic heterocycles. The van der Waals surface area contributed by atoms with E-state index in [0.717, 1.165) is 12.0 Å². The molecule has 0 saturated heterocycles. The van der Waals surface area contributed by atoms with Crippen LogP contribution in [-0.2, 0) is 6.42 Å². The van der Waals surface area contributed by atoms with Gasteiger partial charge in [0.15, 0.2) is 11.5 Å². The van der Waals surface area contributed by atoms with Gasteiger partial charge in [-0.3, -0.25) is 0 Å². The van der Waals surface area contributed by atoms with Crippen molar-refractivity contribution < 1.29 is 9.84 Å². The number of ether oxygens (including phenoxy) is 1. The summed E-state index contributed by atoms with van der Waals surface area (Å²) in [6.45, 7) is 2.41. The van der Waals surface area contributed by atoms with E-state index in [1.54, 1.807) is 6.07 Å². The molecule has 70 valence electrons. The van der Waals surface area contributed by atoms with Crippen LogP contribution in [0.15, 0.2) is 18.2 Å². The van der Waals surface area contributed by atoms with Crippen molar-refractivity contribution in [1.82, 2.24) is 0 Å².